The van der Waals surface area contributed by atoms with Crippen molar-refractivity contribution in [3.63, 3.8) is 0 Å². The number of carbonyl (C=O) groups excluding carboxylic acids is 4. The molecule has 2 N–H and O–H groups in total. The van der Waals surface area contributed by atoms with E-state index in [1.165, 1.54) is 12.0 Å². The van der Waals surface area contributed by atoms with Gasteiger partial charge in [0.15, 0.2) is 0 Å². The molecule has 0 bridgehead atoms. The van der Waals surface area contributed by atoms with Crippen molar-refractivity contribution in [1.82, 2.24) is 15.5 Å². The molecular weight excluding hydrogens is 426 g/mol. The molecule has 1 unspecified atom stereocenters. The Kier molecular flexibility index (Phi) is 9.47. The largest absolute Gasteiger partial charge is 0.468 e. The predicted molar refractivity (Wildman–Crippen MR) is 123 cm³/mol. The monoisotopic (exact) mass is 459 g/mol. The maximum absolute atomic E-state index is 13.2. The standard InChI is InChI=1S/C24H33N3O6/c1-9-16-10-12-17(13-11-16)20(21(30)25-15-19(29)32-8)27(23(2,3)4)18(28)14-26-22(31)33-24(5,6)7/h1,10-13,20H,14-15H2,2-8H3,(H,25,30)(H,26,31). The SMILES string of the molecule is C#Cc1ccc(C(C(=O)NCC(=O)OC)N(C(=O)CNC(=O)OC(C)(C)C)C(C)(C)C)cc1. The van der Waals surface area contributed by atoms with E-state index in [4.69, 9.17) is 11.2 Å². The zero-order valence-electron chi connectivity index (χ0n) is 20.3. The van der Waals surface area contributed by atoms with Crippen LogP contribution in [0.25, 0.3) is 0 Å². The zero-order chi connectivity index (χ0) is 25.4. The lowest BCUT2D eigenvalue weighted by Crippen LogP contribution is -2.55. The molecule has 1 rings (SSSR count). The molecule has 0 aromatic heterocycles. The van der Waals surface area contributed by atoms with Crippen molar-refractivity contribution in [3.05, 3.63) is 35.4 Å². The first-order valence-corrected chi connectivity index (χ1v) is 10.4. The van der Waals surface area contributed by atoms with Crippen molar-refractivity contribution in [2.24, 2.45) is 0 Å². The molecule has 0 heterocycles. The summed E-state index contributed by atoms with van der Waals surface area (Å²) in [7, 11) is 1.21. The van der Waals surface area contributed by atoms with E-state index < -0.39 is 47.6 Å². The molecule has 0 saturated heterocycles. The number of benzene rings is 1. The first-order valence-electron chi connectivity index (χ1n) is 10.4. The van der Waals surface area contributed by atoms with Crippen molar-refractivity contribution >= 4 is 23.9 Å². The quantitative estimate of drug-likeness (QED) is 0.477. The molecule has 9 heteroatoms. The summed E-state index contributed by atoms with van der Waals surface area (Å²) >= 11 is 0. The molecule has 0 spiro atoms. The van der Waals surface area contributed by atoms with Crippen molar-refractivity contribution in [1.29, 1.82) is 0 Å². The summed E-state index contributed by atoms with van der Waals surface area (Å²) in [6.07, 6.45) is 4.67. The van der Waals surface area contributed by atoms with Gasteiger partial charge < -0.3 is 25.0 Å². The average Bonchev–Trinajstić information content (AvgIpc) is 2.71. The highest BCUT2D eigenvalue weighted by Gasteiger charge is 2.38. The first kappa shape index (κ1) is 27.5. The van der Waals surface area contributed by atoms with E-state index >= 15 is 0 Å². The van der Waals surface area contributed by atoms with Crippen molar-refractivity contribution < 1.29 is 28.7 Å². The Hall–Kier alpha value is -3.54. The Morgan fingerprint density at radius 3 is 2.03 bits per heavy atom. The molecule has 3 amide bonds. The summed E-state index contributed by atoms with van der Waals surface area (Å²) < 4.78 is 9.76. The van der Waals surface area contributed by atoms with E-state index in [9.17, 15) is 19.2 Å². The van der Waals surface area contributed by atoms with E-state index in [0.29, 0.717) is 11.1 Å². The summed E-state index contributed by atoms with van der Waals surface area (Å²) in [6, 6.07) is 5.49. The third-order valence-electron chi connectivity index (χ3n) is 4.31. The molecule has 0 fully saturated rings. The van der Waals surface area contributed by atoms with Gasteiger partial charge in [0.1, 0.15) is 24.7 Å². The van der Waals surface area contributed by atoms with Gasteiger partial charge in [-0.25, -0.2) is 4.79 Å². The predicted octanol–water partition coefficient (Wildman–Crippen LogP) is 2.15. The van der Waals surface area contributed by atoms with Crippen LogP contribution in [0.2, 0.25) is 0 Å². The third kappa shape index (κ3) is 8.85. The number of hydrogen-bond donors (Lipinski definition) is 2. The number of terminal acetylenes is 1. The topological polar surface area (TPSA) is 114 Å². The van der Waals surface area contributed by atoms with E-state index in [-0.39, 0.29) is 6.54 Å². The summed E-state index contributed by atoms with van der Waals surface area (Å²) in [6.45, 7) is 9.64. The minimum atomic E-state index is -1.10. The lowest BCUT2D eigenvalue weighted by molar-refractivity contribution is -0.147. The number of rotatable bonds is 7. The van der Waals surface area contributed by atoms with Gasteiger partial charge >= 0.3 is 12.1 Å². The lowest BCUT2D eigenvalue weighted by Gasteiger charge is -2.41. The minimum Gasteiger partial charge on any atom is -0.468 e. The van der Waals surface area contributed by atoms with Gasteiger partial charge in [0.25, 0.3) is 0 Å². The molecule has 0 aliphatic heterocycles. The first-order chi connectivity index (χ1) is 15.2. The molecule has 33 heavy (non-hydrogen) atoms. The van der Waals surface area contributed by atoms with Crippen LogP contribution >= 0.6 is 0 Å². The number of nitrogens with one attached hydrogen (secondary N) is 2. The molecule has 180 valence electrons. The number of nitrogens with zero attached hydrogens (tertiary/aromatic N) is 1. The fraction of sp³-hybridized carbons (Fsp3) is 0.500. The number of amides is 3. The second kappa shape index (κ2) is 11.4. The fourth-order valence-corrected chi connectivity index (χ4v) is 2.96. The Balaban J connectivity index is 3.29. The molecule has 0 aliphatic carbocycles. The van der Waals surface area contributed by atoms with Gasteiger partial charge in [-0.3, -0.25) is 14.4 Å². The Morgan fingerprint density at radius 2 is 1.58 bits per heavy atom. The summed E-state index contributed by atoms with van der Waals surface area (Å²) in [5.41, 5.74) is -0.471. The van der Waals surface area contributed by atoms with Crippen LogP contribution in [0.3, 0.4) is 0 Å². The number of esters is 1. The van der Waals surface area contributed by atoms with Crippen LogP contribution < -0.4 is 10.6 Å². The van der Waals surface area contributed by atoms with Crippen molar-refractivity contribution in [2.45, 2.75) is 58.7 Å². The highest BCUT2D eigenvalue weighted by molar-refractivity contribution is 5.92. The van der Waals surface area contributed by atoms with E-state index in [1.807, 2.05) is 0 Å². The van der Waals surface area contributed by atoms with Crippen LogP contribution in [0.5, 0.6) is 0 Å². The summed E-state index contributed by atoms with van der Waals surface area (Å²) in [5, 5.41) is 4.93. The highest BCUT2D eigenvalue weighted by atomic mass is 16.6. The highest BCUT2D eigenvalue weighted by Crippen LogP contribution is 2.29. The van der Waals surface area contributed by atoms with Gasteiger partial charge in [-0.1, -0.05) is 18.1 Å². The zero-order valence-corrected chi connectivity index (χ0v) is 20.3. The van der Waals surface area contributed by atoms with Crippen molar-refractivity contribution in [2.75, 3.05) is 20.2 Å². The molecule has 0 aliphatic rings. The van der Waals surface area contributed by atoms with Crippen LogP contribution in [0.1, 0.15) is 58.7 Å². The molecule has 0 saturated carbocycles. The van der Waals surface area contributed by atoms with Gasteiger partial charge in [-0.2, -0.15) is 0 Å². The van der Waals surface area contributed by atoms with E-state index in [1.54, 1.807) is 65.8 Å². The summed E-state index contributed by atoms with van der Waals surface area (Å²) in [5.74, 6) is 0.756. The fourth-order valence-electron chi connectivity index (χ4n) is 2.96. The van der Waals surface area contributed by atoms with Gasteiger partial charge in [0.05, 0.1) is 7.11 Å². The van der Waals surface area contributed by atoms with E-state index in [0.717, 1.165) is 0 Å². The number of ether oxygens (including phenoxy) is 2. The smallest absolute Gasteiger partial charge is 0.408 e. The van der Waals surface area contributed by atoms with Crippen LogP contribution in [0.15, 0.2) is 24.3 Å². The van der Waals surface area contributed by atoms with Crippen LogP contribution in [0.4, 0.5) is 4.79 Å². The molecular formula is C24H33N3O6. The Labute approximate surface area is 195 Å². The second-order valence-electron chi connectivity index (χ2n) is 9.25. The van der Waals surface area contributed by atoms with Gasteiger partial charge in [0.2, 0.25) is 11.8 Å². The normalized spacial score (nSPS) is 12.1. The van der Waals surface area contributed by atoms with E-state index in [2.05, 4.69) is 21.3 Å². The molecule has 1 aromatic rings. The molecule has 1 aromatic carbocycles. The average molecular weight is 460 g/mol. The minimum absolute atomic E-state index is 0.364. The van der Waals surface area contributed by atoms with Gasteiger partial charge in [-0.05, 0) is 59.2 Å². The second-order valence-corrected chi connectivity index (χ2v) is 9.25. The summed E-state index contributed by atoms with van der Waals surface area (Å²) in [4.78, 5) is 51.4. The third-order valence-corrected chi connectivity index (χ3v) is 4.31. The maximum Gasteiger partial charge on any atom is 0.408 e. The van der Waals surface area contributed by atoms with Crippen LogP contribution in [-0.2, 0) is 23.9 Å². The lowest BCUT2D eigenvalue weighted by atomic mass is 9.96. The molecule has 1 atom stereocenters. The van der Waals surface area contributed by atoms with Gasteiger partial charge in [0, 0.05) is 11.1 Å². The van der Waals surface area contributed by atoms with Crippen LogP contribution in [-0.4, -0.2) is 60.1 Å². The van der Waals surface area contributed by atoms with Gasteiger partial charge in [-0.15, -0.1) is 6.42 Å². The molecule has 0 radical (unpaired) electrons. The maximum atomic E-state index is 13.2. The van der Waals surface area contributed by atoms with Crippen LogP contribution in [0, 0.1) is 12.3 Å². The molecule has 9 nitrogen and oxygen atoms in total. The van der Waals surface area contributed by atoms with Crippen molar-refractivity contribution in [3.8, 4) is 12.3 Å². The number of alkyl carbamates (subject to hydrolysis) is 1. The number of carbonyl (C=O) groups is 4. The Morgan fingerprint density at radius 1 is 1.00 bits per heavy atom. The number of hydrogen-bond acceptors (Lipinski definition) is 6. The Bertz CT molecular complexity index is 904. The number of methoxy groups -OCH3 is 1.